The summed E-state index contributed by atoms with van der Waals surface area (Å²) in [4.78, 5) is 18.9. The van der Waals surface area contributed by atoms with Gasteiger partial charge in [0, 0.05) is 37.3 Å². The molecule has 5 rings (SSSR count). The van der Waals surface area contributed by atoms with E-state index >= 15 is 0 Å². The minimum absolute atomic E-state index is 0.193. The molecule has 11 heteroatoms. The number of amides is 1. The van der Waals surface area contributed by atoms with Crippen molar-refractivity contribution >= 4 is 59.9 Å². The number of hydrogen-bond acceptors (Lipinski definition) is 6. The van der Waals surface area contributed by atoms with Crippen LogP contribution in [0.15, 0.2) is 59.8 Å². The smallest absolute Gasteiger partial charge is 0.282 e. The van der Waals surface area contributed by atoms with Gasteiger partial charge in [-0.1, -0.05) is 23.7 Å². The van der Waals surface area contributed by atoms with Crippen LogP contribution < -0.4 is 4.73 Å². The Morgan fingerprint density at radius 2 is 1.78 bits per heavy atom. The molecule has 0 spiro atoms. The standard InChI is InChI=1S/C21H17ClN4O4S2/c22-16-3-1-15-12-17(4-2-14(15)11-16)32(29,30)26-9-7-24(8-10-26)21(27)20-23-18-13-25(28)6-5-19(18)31-20/h1-6,11-13H,7-10H2. The maximum atomic E-state index is 13.1. The number of thiazole rings is 1. The molecule has 3 heterocycles. The summed E-state index contributed by atoms with van der Waals surface area (Å²) in [6.07, 6.45) is 2.68. The van der Waals surface area contributed by atoms with Crippen LogP contribution in [-0.2, 0) is 10.0 Å². The Kier molecular flexibility index (Phi) is 5.25. The average molecular weight is 489 g/mol. The van der Waals surface area contributed by atoms with E-state index in [1.165, 1.54) is 28.0 Å². The highest BCUT2D eigenvalue weighted by Crippen LogP contribution is 2.26. The van der Waals surface area contributed by atoms with Crippen LogP contribution in [0.1, 0.15) is 9.80 Å². The number of pyridine rings is 1. The van der Waals surface area contributed by atoms with Gasteiger partial charge >= 0.3 is 0 Å². The van der Waals surface area contributed by atoms with Crippen LogP contribution in [0.25, 0.3) is 21.0 Å². The monoisotopic (exact) mass is 488 g/mol. The van der Waals surface area contributed by atoms with Crippen molar-refractivity contribution in [3.05, 3.63) is 70.1 Å². The first-order valence-electron chi connectivity index (χ1n) is 9.79. The van der Waals surface area contributed by atoms with E-state index in [-0.39, 0.29) is 42.0 Å². The second-order valence-electron chi connectivity index (χ2n) is 7.42. The van der Waals surface area contributed by atoms with E-state index in [9.17, 15) is 18.4 Å². The van der Waals surface area contributed by atoms with Gasteiger partial charge in [0.2, 0.25) is 16.2 Å². The summed E-state index contributed by atoms with van der Waals surface area (Å²) >= 11 is 7.22. The number of rotatable bonds is 3. The van der Waals surface area contributed by atoms with E-state index in [4.69, 9.17) is 11.6 Å². The molecule has 0 aliphatic carbocycles. The Hall–Kier alpha value is -2.79. The molecule has 0 atom stereocenters. The summed E-state index contributed by atoms with van der Waals surface area (Å²) in [6.45, 7) is 0.911. The fourth-order valence-corrected chi connectivity index (χ4v) is 6.26. The molecule has 0 bridgehead atoms. The maximum Gasteiger partial charge on any atom is 0.282 e. The number of sulfonamides is 1. The molecule has 1 aliphatic rings. The summed E-state index contributed by atoms with van der Waals surface area (Å²) in [5.74, 6) is -0.261. The van der Waals surface area contributed by atoms with E-state index in [0.717, 1.165) is 15.5 Å². The summed E-state index contributed by atoms with van der Waals surface area (Å²) in [5, 5.41) is 14.0. The van der Waals surface area contributed by atoms with E-state index in [0.29, 0.717) is 15.3 Å². The molecule has 1 aliphatic heterocycles. The number of carbonyl (C=O) groups is 1. The molecule has 4 aromatic rings. The number of carbonyl (C=O) groups excluding carboxylic acids is 1. The fraction of sp³-hybridized carbons (Fsp3) is 0.190. The van der Waals surface area contributed by atoms with Gasteiger partial charge in [0.05, 0.1) is 9.60 Å². The van der Waals surface area contributed by atoms with Gasteiger partial charge in [-0.25, -0.2) is 13.4 Å². The first-order valence-corrected chi connectivity index (χ1v) is 12.4. The third-order valence-corrected chi connectivity index (χ3v) is 8.58. The van der Waals surface area contributed by atoms with Gasteiger partial charge < -0.3 is 10.1 Å². The first kappa shape index (κ1) is 21.1. The van der Waals surface area contributed by atoms with Crippen molar-refractivity contribution in [1.29, 1.82) is 0 Å². The van der Waals surface area contributed by atoms with Crippen molar-refractivity contribution in [1.82, 2.24) is 14.2 Å². The Morgan fingerprint density at radius 3 is 2.56 bits per heavy atom. The molecule has 0 saturated carbocycles. The zero-order valence-corrected chi connectivity index (χ0v) is 19.0. The molecule has 1 fully saturated rings. The van der Waals surface area contributed by atoms with E-state index in [1.807, 2.05) is 0 Å². The number of benzene rings is 2. The number of halogens is 1. The lowest BCUT2D eigenvalue weighted by Gasteiger charge is -2.33. The van der Waals surface area contributed by atoms with Crippen molar-refractivity contribution < 1.29 is 17.9 Å². The van der Waals surface area contributed by atoms with Gasteiger partial charge in [-0.05, 0) is 35.0 Å². The van der Waals surface area contributed by atoms with Crippen molar-refractivity contribution in [2.75, 3.05) is 26.2 Å². The summed E-state index contributed by atoms with van der Waals surface area (Å²) in [7, 11) is -3.69. The van der Waals surface area contributed by atoms with Gasteiger partial charge in [-0.15, -0.1) is 11.3 Å². The average Bonchev–Trinajstić information content (AvgIpc) is 3.21. The molecule has 0 N–H and O–H groups in total. The summed E-state index contributed by atoms with van der Waals surface area (Å²) < 4.78 is 29.1. The van der Waals surface area contributed by atoms with Crippen LogP contribution in [0, 0.1) is 5.21 Å². The number of nitrogens with zero attached hydrogens (tertiary/aromatic N) is 4. The van der Waals surface area contributed by atoms with Crippen LogP contribution in [0.4, 0.5) is 0 Å². The Labute approximate surface area is 192 Å². The van der Waals surface area contributed by atoms with Gasteiger partial charge in [0.1, 0.15) is 5.52 Å². The number of piperazine rings is 1. The molecule has 164 valence electrons. The Balaban J connectivity index is 1.32. The first-order chi connectivity index (χ1) is 15.3. The van der Waals surface area contributed by atoms with Gasteiger partial charge in [-0.2, -0.15) is 9.04 Å². The predicted molar refractivity (Wildman–Crippen MR) is 122 cm³/mol. The van der Waals surface area contributed by atoms with Crippen molar-refractivity contribution in [2.24, 2.45) is 0 Å². The fourth-order valence-electron chi connectivity index (χ4n) is 3.72. The zero-order chi connectivity index (χ0) is 22.5. The molecule has 0 unspecified atom stereocenters. The van der Waals surface area contributed by atoms with E-state index in [2.05, 4.69) is 4.98 Å². The topological polar surface area (TPSA) is 97.5 Å². The van der Waals surface area contributed by atoms with Crippen molar-refractivity contribution in [3.8, 4) is 0 Å². The molecule has 32 heavy (non-hydrogen) atoms. The Morgan fingerprint density at radius 1 is 1.06 bits per heavy atom. The van der Waals surface area contributed by atoms with Crippen molar-refractivity contribution in [2.45, 2.75) is 4.90 Å². The number of fused-ring (bicyclic) bond motifs is 2. The second kappa shape index (κ2) is 7.96. The minimum Gasteiger partial charge on any atom is -0.619 e. The molecular weight excluding hydrogens is 472 g/mol. The summed E-state index contributed by atoms with van der Waals surface area (Å²) in [6, 6.07) is 11.9. The molecule has 1 amide bonds. The Bertz CT molecular complexity index is 1460. The number of aromatic nitrogens is 2. The lowest BCUT2D eigenvalue weighted by Crippen LogP contribution is -2.50. The third kappa shape index (κ3) is 3.79. The van der Waals surface area contributed by atoms with E-state index < -0.39 is 10.0 Å². The van der Waals surface area contributed by atoms with Gasteiger partial charge in [-0.3, -0.25) is 4.79 Å². The second-order valence-corrected chi connectivity index (χ2v) is 10.8. The van der Waals surface area contributed by atoms with Gasteiger partial charge in [0.15, 0.2) is 11.2 Å². The minimum atomic E-state index is -3.69. The van der Waals surface area contributed by atoms with Crippen LogP contribution in [-0.4, -0.2) is 54.7 Å². The van der Waals surface area contributed by atoms with Crippen molar-refractivity contribution in [3.63, 3.8) is 0 Å². The van der Waals surface area contributed by atoms with Crippen LogP contribution >= 0.6 is 22.9 Å². The number of hydrogen-bond donors (Lipinski definition) is 0. The maximum absolute atomic E-state index is 13.1. The third-order valence-electron chi connectivity index (χ3n) is 5.42. The zero-order valence-electron chi connectivity index (χ0n) is 16.6. The quantitative estimate of drug-likeness (QED) is 0.326. The van der Waals surface area contributed by atoms with Crippen LogP contribution in [0.5, 0.6) is 0 Å². The highest BCUT2D eigenvalue weighted by Gasteiger charge is 2.31. The van der Waals surface area contributed by atoms with Crippen LogP contribution in [0.2, 0.25) is 5.02 Å². The summed E-state index contributed by atoms with van der Waals surface area (Å²) in [5.41, 5.74) is 0.467. The van der Waals surface area contributed by atoms with E-state index in [1.54, 1.807) is 47.4 Å². The molecule has 2 aromatic carbocycles. The molecule has 1 saturated heterocycles. The van der Waals surface area contributed by atoms with Crippen LogP contribution in [0.3, 0.4) is 0 Å². The molecule has 2 aromatic heterocycles. The lowest BCUT2D eigenvalue weighted by molar-refractivity contribution is -0.603. The lowest BCUT2D eigenvalue weighted by atomic mass is 10.1. The SMILES string of the molecule is O=C(c1nc2c[n+]([O-])ccc2s1)N1CCN(S(=O)(=O)c2ccc3cc(Cl)ccc3c2)CC1. The highest BCUT2D eigenvalue weighted by molar-refractivity contribution is 7.89. The molecule has 0 radical (unpaired) electrons. The predicted octanol–water partition coefficient (Wildman–Crippen LogP) is 2.88. The highest BCUT2D eigenvalue weighted by atomic mass is 35.5. The molecule has 8 nitrogen and oxygen atoms in total. The largest absolute Gasteiger partial charge is 0.619 e. The molecular formula is C21H17ClN4O4S2. The normalized spacial score (nSPS) is 15.5. The van der Waals surface area contributed by atoms with Gasteiger partial charge in [0.25, 0.3) is 5.91 Å².